The number of nitrogens with one attached hydrogen (secondary N) is 2. The molecule has 2 N–H and O–H groups in total. The van der Waals surface area contributed by atoms with E-state index in [2.05, 4.69) is 27.5 Å². The minimum absolute atomic E-state index is 0.594. The molecule has 2 heterocycles. The van der Waals surface area contributed by atoms with E-state index in [1.165, 1.54) is 6.42 Å². The third kappa shape index (κ3) is 3.84. The molecule has 1 aliphatic rings. The first kappa shape index (κ1) is 13.1. The molecule has 0 bridgehead atoms. The quantitative estimate of drug-likeness (QED) is 0.837. The average Bonchev–Trinajstić information content (AvgIpc) is 2.37. The van der Waals surface area contributed by atoms with Crippen LogP contribution in [0.5, 0.6) is 0 Å². The average molecular weight is 250 g/mol. The Kier molecular flexibility index (Phi) is 4.75. The smallest absolute Gasteiger partial charge is 0.131 e. The fourth-order valence-electron chi connectivity index (χ4n) is 2.15. The second-order valence-electron chi connectivity index (χ2n) is 4.68. The third-order valence-electron chi connectivity index (χ3n) is 3.02. The molecule has 5 heteroatoms. The summed E-state index contributed by atoms with van der Waals surface area (Å²) in [5.74, 6) is 3.16. The minimum Gasteiger partial charge on any atom is -0.381 e. The van der Waals surface area contributed by atoms with Crippen LogP contribution in [0.3, 0.4) is 0 Å². The molecule has 5 nitrogen and oxygen atoms in total. The maximum atomic E-state index is 5.47. The van der Waals surface area contributed by atoms with Gasteiger partial charge in [-0.15, -0.1) is 0 Å². The normalized spacial score (nSPS) is 19.6. The van der Waals surface area contributed by atoms with Crippen LogP contribution in [0.4, 0.5) is 11.6 Å². The molecule has 0 aliphatic carbocycles. The van der Waals surface area contributed by atoms with Gasteiger partial charge in [-0.05, 0) is 32.6 Å². The standard InChI is InChI=1S/C13H22N4O/c1-3-14-12-7-13(17-10(2)16-12)15-8-11-5-4-6-18-9-11/h7,11H,3-6,8-9H2,1-2H3,(H2,14,15,16,17). The van der Waals surface area contributed by atoms with E-state index >= 15 is 0 Å². The fraction of sp³-hybridized carbons (Fsp3) is 0.692. The van der Waals surface area contributed by atoms with Crippen molar-refractivity contribution in [1.82, 2.24) is 9.97 Å². The van der Waals surface area contributed by atoms with Crippen LogP contribution < -0.4 is 10.6 Å². The summed E-state index contributed by atoms with van der Waals surface area (Å²) in [7, 11) is 0. The largest absolute Gasteiger partial charge is 0.381 e. The Morgan fingerprint density at radius 2 is 2.11 bits per heavy atom. The van der Waals surface area contributed by atoms with Gasteiger partial charge >= 0.3 is 0 Å². The number of nitrogens with zero attached hydrogens (tertiary/aromatic N) is 2. The molecule has 0 spiro atoms. The molecule has 1 atom stereocenters. The Hall–Kier alpha value is -1.36. The van der Waals surface area contributed by atoms with Crippen molar-refractivity contribution in [2.75, 3.05) is 36.9 Å². The van der Waals surface area contributed by atoms with Gasteiger partial charge in [0.15, 0.2) is 0 Å². The van der Waals surface area contributed by atoms with E-state index in [1.54, 1.807) is 0 Å². The lowest BCUT2D eigenvalue weighted by molar-refractivity contribution is 0.0595. The molecule has 0 aromatic carbocycles. The molecule has 1 unspecified atom stereocenters. The minimum atomic E-state index is 0.594. The van der Waals surface area contributed by atoms with Crippen LogP contribution in [-0.4, -0.2) is 36.3 Å². The summed E-state index contributed by atoms with van der Waals surface area (Å²) in [5.41, 5.74) is 0. The van der Waals surface area contributed by atoms with Gasteiger partial charge in [0, 0.05) is 25.8 Å². The monoisotopic (exact) mass is 250 g/mol. The predicted molar refractivity (Wildman–Crippen MR) is 73.0 cm³/mol. The van der Waals surface area contributed by atoms with E-state index in [-0.39, 0.29) is 0 Å². The molecule has 0 radical (unpaired) electrons. The van der Waals surface area contributed by atoms with Crippen molar-refractivity contribution in [3.8, 4) is 0 Å². The van der Waals surface area contributed by atoms with Crippen molar-refractivity contribution < 1.29 is 4.74 Å². The summed E-state index contributed by atoms with van der Waals surface area (Å²) in [6.07, 6.45) is 2.40. The molecule has 1 fully saturated rings. The Bertz CT molecular complexity index is 377. The Balaban J connectivity index is 1.91. The molecule has 2 rings (SSSR count). The van der Waals surface area contributed by atoms with Gasteiger partial charge in [-0.1, -0.05) is 0 Å². The first-order valence-electron chi connectivity index (χ1n) is 6.69. The van der Waals surface area contributed by atoms with E-state index < -0.39 is 0 Å². The number of ether oxygens (including phenoxy) is 1. The van der Waals surface area contributed by atoms with Crippen LogP contribution in [0.1, 0.15) is 25.6 Å². The van der Waals surface area contributed by atoms with Crippen molar-refractivity contribution in [1.29, 1.82) is 0 Å². The van der Waals surface area contributed by atoms with Crippen LogP contribution in [-0.2, 0) is 4.74 Å². The highest BCUT2D eigenvalue weighted by atomic mass is 16.5. The molecule has 1 aromatic heterocycles. The lowest BCUT2D eigenvalue weighted by atomic mass is 10.0. The van der Waals surface area contributed by atoms with E-state index in [0.29, 0.717) is 5.92 Å². The van der Waals surface area contributed by atoms with Crippen LogP contribution in [0.2, 0.25) is 0 Å². The first-order valence-corrected chi connectivity index (χ1v) is 6.69. The molecule has 1 aromatic rings. The highest BCUT2D eigenvalue weighted by molar-refractivity contribution is 5.47. The Morgan fingerprint density at radius 1 is 1.33 bits per heavy atom. The van der Waals surface area contributed by atoms with Crippen molar-refractivity contribution in [2.45, 2.75) is 26.7 Å². The summed E-state index contributed by atoms with van der Waals surface area (Å²) in [5, 5.41) is 6.59. The number of hydrogen-bond acceptors (Lipinski definition) is 5. The number of anilines is 2. The number of aryl methyl sites for hydroxylation is 1. The lowest BCUT2D eigenvalue weighted by Crippen LogP contribution is -2.24. The van der Waals surface area contributed by atoms with Gasteiger partial charge in [0.05, 0.1) is 6.61 Å². The molecule has 18 heavy (non-hydrogen) atoms. The van der Waals surface area contributed by atoms with Gasteiger partial charge in [0.2, 0.25) is 0 Å². The summed E-state index contributed by atoms with van der Waals surface area (Å²) in [6, 6.07) is 1.96. The van der Waals surface area contributed by atoms with Gasteiger partial charge in [-0.25, -0.2) is 9.97 Å². The van der Waals surface area contributed by atoms with Crippen molar-refractivity contribution >= 4 is 11.6 Å². The molecule has 0 amide bonds. The molecule has 0 saturated carbocycles. The maximum absolute atomic E-state index is 5.47. The molecule has 1 saturated heterocycles. The summed E-state index contributed by atoms with van der Waals surface area (Å²) >= 11 is 0. The van der Waals surface area contributed by atoms with Crippen molar-refractivity contribution in [3.63, 3.8) is 0 Å². The van der Waals surface area contributed by atoms with Crippen LogP contribution >= 0.6 is 0 Å². The zero-order valence-electron chi connectivity index (χ0n) is 11.2. The van der Waals surface area contributed by atoms with E-state index in [0.717, 1.165) is 50.2 Å². The molecular weight excluding hydrogens is 228 g/mol. The second kappa shape index (κ2) is 6.54. The van der Waals surface area contributed by atoms with Gasteiger partial charge in [0.1, 0.15) is 17.5 Å². The summed E-state index contributed by atoms with van der Waals surface area (Å²) in [6.45, 7) is 7.53. The van der Waals surface area contributed by atoms with Crippen LogP contribution in [0.25, 0.3) is 0 Å². The molecular formula is C13H22N4O. The SMILES string of the molecule is CCNc1cc(NCC2CCCOC2)nc(C)n1. The van der Waals surface area contributed by atoms with Crippen LogP contribution in [0.15, 0.2) is 6.07 Å². The third-order valence-corrected chi connectivity index (χ3v) is 3.02. The number of rotatable bonds is 5. The van der Waals surface area contributed by atoms with E-state index in [1.807, 2.05) is 13.0 Å². The van der Waals surface area contributed by atoms with Crippen molar-refractivity contribution in [2.24, 2.45) is 5.92 Å². The highest BCUT2D eigenvalue weighted by Gasteiger charge is 2.13. The van der Waals surface area contributed by atoms with Gasteiger partial charge in [0.25, 0.3) is 0 Å². The topological polar surface area (TPSA) is 59.1 Å². The zero-order valence-corrected chi connectivity index (χ0v) is 11.2. The van der Waals surface area contributed by atoms with Gasteiger partial charge < -0.3 is 15.4 Å². The lowest BCUT2D eigenvalue weighted by Gasteiger charge is -2.22. The first-order chi connectivity index (χ1) is 8.78. The Labute approximate surface area is 108 Å². The van der Waals surface area contributed by atoms with E-state index in [4.69, 9.17) is 4.74 Å². The van der Waals surface area contributed by atoms with Gasteiger partial charge in [-0.2, -0.15) is 0 Å². The maximum Gasteiger partial charge on any atom is 0.131 e. The van der Waals surface area contributed by atoms with E-state index in [9.17, 15) is 0 Å². The highest BCUT2D eigenvalue weighted by Crippen LogP contribution is 2.16. The van der Waals surface area contributed by atoms with Crippen LogP contribution in [0, 0.1) is 12.8 Å². The fourth-order valence-corrected chi connectivity index (χ4v) is 2.15. The number of hydrogen-bond donors (Lipinski definition) is 2. The zero-order chi connectivity index (χ0) is 12.8. The Morgan fingerprint density at radius 3 is 2.78 bits per heavy atom. The number of aromatic nitrogens is 2. The molecule has 100 valence electrons. The summed E-state index contributed by atoms with van der Waals surface area (Å²) < 4.78 is 5.47. The molecule has 1 aliphatic heterocycles. The second-order valence-corrected chi connectivity index (χ2v) is 4.68. The predicted octanol–water partition coefficient (Wildman–Crippen LogP) is 2.06. The van der Waals surface area contributed by atoms with Gasteiger partial charge in [-0.3, -0.25) is 0 Å². The summed E-state index contributed by atoms with van der Waals surface area (Å²) in [4.78, 5) is 8.73. The van der Waals surface area contributed by atoms with Crippen molar-refractivity contribution in [3.05, 3.63) is 11.9 Å².